The summed E-state index contributed by atoms with van der Waals surface area (Å²) in [5.74, 6) is 1.45. The molecule has 0 atom stereocenters. The third-order valence-corrected chi connectivity index (χ3v) is 5.59. The largest absolute Gasteiger partial charge is 0.494 e. The molecule has 0 saturated heterocycles. The minimum absolute atomic E-state index is 0.114. The maximum Gasteiger partial charge on any atom is 0.255 e. The third kappa shape index (κ3) is 5.17. The number of carbonyl (C=O) groups excluding carboxylic acids is 1. The first-order chi connectivity index (χ1) is 13.6. The van der Waals surface area contributed by atoms with Gasteiger partial charge in [0.25, 0.3) is 5.91 Å². The van der Waals surface area contributed by atoms with Gasteiger partial charge in [0.1, 0.15) is 5.75 Å². The normalized spacial score (nSPS) is 10.5. The van der Waals surface area contributed by atoms with Crippen LogP contribution in [0, 0.1) is 13.8 Å². The molecule has 1 N–H and O–H groups in total. The van der Waals surface area contributed by atoms with Crippen molar-refractivity contribution in [1.82, 2.24) is 0 Å². The standard InChI is InChI=1S/C24H25NO2S/c1-4-27-23-13-11-19(15-20(23)16-28-22-8-6-5-7-9-22)24(26)25-21-12-10-17(2)18(3)14-21/h5-15H,4,16H2,1-3H3,(H,25,26). The first kappa shape index (κ1) is 20.0. The van der Waals surface area contributed by atoms with E-state index in [2.05, 4.69) is 24.4 Å². The highest BCUT2D eigenvalue weighted by atomic mass is 32.2. The molecule has 3 aromatic rings. The zero-order valence-corrected chi connectivity index (χ0v) is 17.3. The summed E-state index contributed by atoms with van der Waals surface area (Å²) >= 11 is 1.73. The molecular weight excluding hydrogens is 366 g/mol. The smallest absolute Gasteiger partial charge is 0.255 e. The molecular formula is C24H25NO2S. The van der Waals surface area contributed by atoms with Crippen LogP contribution in [-0.2, 0) is 5.75 Å². The second-order valence-electron chi connectivity index (χ2n) is 6.61. The van der Waals surface area contributed by atoms with Gasteiger partial charge in [-0.1, -0.05) is 24.3 Å². The molecule has 0 fully saturated rings. The topological polar surface area (TPSA) is 38.3 Å². The summed E-state index contributed by atoms with van der Waals surface area (Å²) in [6.07, 6.45) is 0. The number of thioether (sulfide) groups is 1. The Hall–Kier alpha value is -2.72. The van der Waals surface area contributed by atoms with Crippen LogP contribution in [0.1, 0.15) is 34.0 Å². The minimum atomic E-state index is -0.114. The predicted octanol–water partition coefficient (Wildman–Crippen LogP) is 6.25. The molecule has 0 aromatic heterocycles. The number of rotatable bonds is 7. The van der Waals surface area contributed by atoms with Crippen LogP contribution >= 0.6 is 11.8 Å². The molecule has 4 heteroatoms. The molecule has 0 heterocycles. The van der Waals surface area contributed by atoms with Gasteiger partial charge < -0.3 is 10.1 Å². The molecule has 0 aliphatic heterocycles. The van der Waals surface area contributed by atoms with Gasteiger partial charge in [-0.25, -0.2) is 0 Å². The van der Waals surface area contributed by atoms with Crippen molar-refractivity contribution in [3.63, 3.8) is 0 Å². The van der Waals surface area contributed by atoms with E-state index in [1.54, 1.807) is 11.8 Å². The zero-order chi connectivity index (χ0) is 19.9. The number of hydrogen-bond acceptors (Lipinski definition) is 3. The van der Waals surface area contributed by atoms with Crippen LogP contribution < -0.4 is 10.1 Å². The number of amides is 1. The zero-order valence-electron chi connectivity index (χ0n) is 16.5. The quantitative estimate of drug-likeness (QED) is 0.484. The molecule has 28 heavy (non-hydrogen) atoms. The van der Waals surface area contributed by atoms with Gasteiger partial charge in [-0.3, -0.25) is 4.79 Å². The molecule has 0 aliphatic rings. The van der Waals surface area contributed by atoms with Gasteiger partial charge in [0, 0.05) is 27.5 Å². The summed E-state index contributed by atoms with van der Waals surface area (Å²) in [6.45, 7) is 6.66. The molecule has 0 radical (unpaired) electrons. The van der Waals surface area contributed by atoms with Gasteiger partial charge in [-0.15, -0.1) is 11.8 Å². The van der Waals surface area contributed by atoms with Crippen molar-refractivity contribution in [1.29, 1.82) is 0 Å². The SMILES string of the molecule is CCOc1ccc(C(=O)Nc2ccc(C)c(C)c2)cc1CSc1ccccc1. The minimum Gasteiger partial charge on any atom is -0.494 e. The van der Waals surface area contributed by atoms with Crippen molar-refractivity contribution in [2.24, 2.45) is 0 Å². The van der Waals surface area contributed by atoms with E-state index in [4.69, 9.17) is 4.74 Å². The van der Waals surface area contributed by atoms with Gasteiger partial charge in [0.15, 0.2) is 0 Å². The average Bonchev–Trinajstić information content (AvgIpc) is 2.71. The van der Waals surface area contributed by atoms with Gasteiger partial charge in [-0.2, -0.15) is 0 Å². The molecule has 1 amide bonds. The Bertz CT molecular complexity index is 954. The van der Waals surface area contributed by atoms with Crippen molar-refractivity contribution in [3.8, 4) is 5.75 Å². The number of anilines is 1. The second-order valence-corrected chi connectivity index (χ2v) is 7.66. The van der Waals surface area contributed by atoms with Gasteiger partial charge in [0.2, 0.25) is 0 Å². The molecule has 0 saturated carbocycles. The summed E-state index contributed by atoms with van der Waals surface area (Å²) in [5.41, 5.74) is 4.82. The number of ether oxygens (including phenoxy) is 1. The first-order valence-corrected chi connectivity index (χ1v) is 10.4. The van der Waals surface area contributed by atoms with Crippen LogP contribution in [0.15, 0.2) is 71.6 Å². The summed E-state index contributed by atoms with van der Waals surface area (Å²) in [5, 5.41) is 2.99. The Kier molecular flexibility index (Phi) is 6.77. The highest BCUT2D eigenvalue weighted by Gasteiger charge is 2.12. The van der Waals surface area contributed by atoms with Crippen molar-refractivity contribution in [2.75, 3.05) is 11.9 Å². The molecule has 3 rings (SSSR count). The Labute approximate surface area is 171 Å². The fourth-order valence-corrected chi connectivity index (χ4v) is 3.73. The van der Waals surface area contributed by atoms with Gasteiger partial charge >= 0.3 is 0 Å². The monoisotopic (exact) mass is 391 g/mol. The Morgan fingerprint density at radius 3 is 2.46 bits per heavy atom. The summed E-state index contributed by atoms with van der Waals surface area (Å²) in [6, 6.07) is 21.8. The van der Waals surface area contributed by atoms with Crippen LogP contribution in [-0.4, -0.2) is 12.5 Å². The molecule has 0 aliphatic carbocycles. The van der Waals surface area contributed by atoms with E-state index in [0.29, 0.717) is 12.2 Å². The van der Waals surface area contributed by atoms with E-state index in [1.807, 2.05) is 68.4 Å². The number of nitrogens with one attached hydrogen (secondary N) is 1. The molecule has 3 nitrogen and oxygen atoms in total. The van der Waals surface area contributed by atoms with E-state index in [9.17, 15) is 4.79 Å². The Morgan fingerprint density at radius 2 is 1.75 bits per heavy atom. The fourth-order valence-electron chi connectivity index (χ4n) is 2.83. The van der Waals surface area contributed by atoms with Gasteiger partial charge in [0.05, 0.1) is 6.61 Å². The van der Waals surface area contributed by atoms with Crippen molar-refractivity contribution >= 4 is 23.4 Å². The number of benzene rings is 3. The summed E-state index contributed by atoms with van der Waals surface area (Å²) < 4.78 is 5.76. The van der Waals surface area contributed by atoms with Crippen LogP contribution in [0.5, 0.6) is 5.75 Å². The molecule has 0 unspecified atom stereocenters. The molecule has 3 aromatic carbocycles. The van der Waals surface area contributed by atoms with Crippen LogP contribution in [0.4, 0.5) is 5.69 Å². The van der Waals surface area contributed by atoms with E-state index < -0.39 is 0 Å². The average molecular weight is 392 g/mol. The Morgan fingerprint density at radius 1 is 0.964 bits per heavy atom. The highest BCUT2D eigenvalue weighted by molar-refractivity contribution is 7.98. The fraction of sp³-hybridized carbons (Fsp3) is 0.208. The van der Waals surface area contributed by atoms with E-state index in [0.717, 1.165) is 28.3 Å². The van der Waals surface area contributed by atoms with Crippen molar-refractivity contribution in [2.45, 2.75) is 31.4 Å². The van der Waals surface area contributed by atoms with Crippen molar-refractivity contribution in [3.05, 3.63) is 89.0 Å². The second kappa shape index (κ2) is 9.47. The first-order valence-electron chi connectivity index (χ1n) is 9.39. The maximum absolute atomic E-state index is 12.7. The van der Waals surface area contributed by atoms with E-state index in [1.165, 1.54) is 10.5 Å². The van der Waals surface area contributed by atoms with Crippen molar-refractivity contribution < 1.29 is 9.53 Å². The number of carbonyl (C=O) groups is 1. The lowest BCUT2D eigenvalue weighted by molar-refractivity contribution is 0.102. The van der Waals surface area contributed by atoms with E-state index >= 15 is 0 Å². The lowest BCUT2D eigenvalue weighted by atomic mass is 10.1. The van der Waals surface area contributed by atoms with E-state index in [-0.39, 0.29) is 5.91 Å². The summed E-state index contributed by atoms with van der Waals surface area (Å²) in [7, 11) is 0. The van der Waals surface area contributed by atoms with Crippen LogP contribution in [0.25, 0.3) is 0 Å². The number of aryl methyl sites for hydroxylation is 2. The van der Waals surface area contributed by atoms with Crippen LogP contribution in [0.2, 0.25) is 0 Å². The van der Waals surface area contributed by atoms with Gasteiger partial charge in [-0.05, 0) is 74.4 Å². The van der Waals surface area contributed by atoms with Crippen LogP contribution in [0.3, 0.4) is 0 Å². The Balaban J connectivity index is 1.78. The predicted molar refractivity (Wildman–Crippen MR) is 117 cm³/mol. The molecule has 0 spiro atoms. The third-order valence-electron chi connectivity index (χ3n) is 4.52. The number of hydrogen-bond donors (Lipinski definition) is 1. The molecule has 0 bridgehead atoms. The highest BCUT2D eigenvalue weighted by Crippen LogP contribution is 2.29. The molecule has 144 valence electrons. The lowest BCUT2D eigenvalue weighted by Crippen LogP contribution is -2.12. The maximum atomic E-state index is 12.7. The summed E-state index contributed by atoms with van der Waals surface area (Å²) in [4.78, 5) is 13.9. The lowest BCUT2D eigenvalue weighted by Gasteiger charge is -2.13.